The van der Waals surface area contributed by atoms with Crippen molar-refractivity contribution in [3.63, 3.8) is 0 Å². The molecule has 1 aromatic carbocycles. The summed E-state index contributed by atoms with van der Waals surface area (Å²) in [5, 5.41) is 4.92. The number of halogens is 1. The van der Waals surface area contributed by atoms with E-state index in [1.54, 1.807) is 6.07 Å². The molecule has 0 spiro atoms. The average molecular weight is 385 g/mol. The van der Waals surface area contributed by atoms with Crippen LogP contribution in [0.25, 0.3) is 22.3 Å². The topological polar surface area (TPSA) is 123 Å². The molecular formula is C19H21ClN6O. The van der Waals surface area contributed by atoms with Gasteiger partial charge in [0, 0.05) is 28.0 Å². The van der Waals surface area contributed by atoms with Gasteiger partial charge in [0.05, 0.1) is 11.9 Å². The zero-order valence-corrected chi connectivity index (χ0v) is 15.5. The van der Waals surface area contributed by atoms with Crippen LogP contribution in [0, 0.1) is 0 Å². The van der Waals surface area contributed by atoms with Gasteiger partial charge in [0.15, 0.2) is 5.69 Å². The largest absolute Gasteiger partial charge is 0.364 e. The SMILES string of the molecule is NC(=O)c1ncc(N[C@@H]2CCCC[C@@H]2N)nc1-c1cc2cc(Cl)ccc2[nH]1. The van der Waals surface area contributed by atoms with Crippen molar-refractivity contribution in [3.05, 3.63) is 41.2 Å². The summed E-state index contributed by atoms with van der Waals surface area (Å²) in [5.74, 6) is -0.0517. The maximum absolute atomic E-state index is 11.9. The molecule has 1 amide bonds. The molecule has 0 unspecified atom stereocenters. The first-order chi connectivity index (χ1) is 13.0. The minimum absolute atomic E-state index is 0.0787. The molecule has 3 aromatic rings. The fourth-order valence-corrected chi connectivity index (χ4v) is 3.77. The molecule has 0 radical (unpaired) electrons. The maximum atomic E-state index is 11.9. The van der Waals surface area contributed by atoms with Crippen LogP contribution in [0.1, 0.15) is 36.2 Å². The number of hydrogen-bond donors (Lipinski definition) is 4. The molecule has 2 aromatic heterocycles. The first kappa shape index (κ1) is 17.8. The molecule has 1 saturated carbocycles. The maximum Gasteiger partial charge on any atom is 0.269 e. The van der Waals surface area contributed by atoms with Crippen LogP contribution in [0.5, 0.6) is 0 Å². The fraction of sp³-hybridized carbons (Fsp3) is 0.316. The van der Waals surface area contributed by atoms with Crippen molar-refractivity contribution in [3.8, 4) is 11.4 Å². The summed E-state index contributed by atoms with van der Waals surface area (Å²) >= 11 is 6.07. The van der Waals surface area contributed by atoms with Gasteiger partial charge < -0.3 is 21.8 Å². The van der Waals surface area contributed by atoms with Crippen molar-refractivity contribution in [1.82, 2.24) is 15.0 Å². The van der Waals surface area contributed by atoms with Gasteiger partial charge >= 0.3 is 0 Å². The summed E-state index contributed by atoms with van der Waals surface area (Å²) in [6.45, 7) is 0. The third kappa shape index (κ3) is 3.61. The first-order valence-electron chi connectivity index (χ1n) is 8.99. The monoisotopic (exact) mass is 384 g/mol. The van der Waals surface area contributed by atoms with Crippen LogP contribution in [0.2, 0.25) is 5.02 Å². The molecule has 0 saturated heterocycles. The van der Waals surface area contributed by atoms with E-state index in [9.17, 15) is 4.79 Å². The molecule has 4 rings (SSSR count). The molecule has 140 valence electrons. The third-order valence-corrected chi connectivity index (χ3v) is 5.23. The summed E-state index contributed by atoms with van der Waals surface area (Å²) in [5.41, 5.74) is 13.8. The Morgan fingerprint density at radius 3 is 2.85 bits per heavy atom. The van der Waals surface area contributed by atoms with Crippen LogP contribution in [-0.4, -0.2) is 32.9 Å². The van der Waals surface area contributed by atoms with Crippen molar-refractivity contribution >= 4 is 34.2 Å². The lowest BCUT2D eigenvalue weighted by molar-refractivity contribution is 0.0996. The van der Waals surface area contributed by atoms with E-state index in [1.165, 1.54) is 6.20 Å². The zero-order chi connectivity index (χ0) is 19.0. The molecule has 27 heavy (non-hydrogen) atoms. The van der Waals surface area contributed by atoms with Crippen LogP contribution in [0.4, 0.5) is 5.82 Å². The lowest BCUT2D eigenvalue weighted by Gasteiger charge is -2.29. The van der Waals surface area contributed by atoms with Crippen molar-refractivity contribution in [1.29, 1.82) is 0 Å². The van der Waals surface area contributed by atoms with Gasteiger partial charge in [-0.15, -0.1) is 0 Å². The minimum atomic E-state index is -0.630. The molecule has 1 aliphatic rings. The standard InChI is InChI=1S/C19H21ClN6O/c20-11-5-6-13-10(7-11)8-15(24-13)17-18(19(22)27)23-9-16(26-17)25-14-4-2-1-3-12(14)21/h5-9,12,14,24H,1-4,21H2,(H2,22,27)(H,25,26)/t12-,14+/m0/s1. The van der Waals surface area contributed by atoms with E-state index in [-0.39, 0.29) is 17.8 Å². The first-order valence-corrected chi connectivity index (χ1v) is 9.36. The van der Waals surface area contributed by atoms with Gasteiger partial charge in [-0.05, 0) is 37.1 Å². The second kappa shape index (κ2) is 7.17. The number of nitrogens with two attached hydrogens (primary N) is 2. The number of rotatable bonds is 4. The molecule has 2 atom stereocenters. The Hall–Kier alpha value is -2.64. The summed E-state index contributed by atoms with van der Waals surface area (Å²) < 4.78 is 0. The fourth-order valence-electron chi connectivity index (χ4n) is 3.59. The number of nitrogens with zero attached hydrogens (tertiary/aromatic N) is 2. The number of H-pyrrole nitrogens is 1. The van der Waals surface area contributed by atoms with Crippen molar-refractivity contribution < 1.29 is 4.79 Å². The van der Waals surface area contributed by atoms with Crippen LogP contribution >= 0.6 is 11.6 Å². The number of hydrogen-bond acceptors (Lipinski definition) is 5. The van der Waals surface area contributed by atoms with Gasteiger partial charge in [0.1, 0.15) is 11.5 Å². The molecule has 7 nitrogen and oxygen atoms in total. The zero-order valence-electron chi connectivity index (χ0n) is 14.7. The molecule has 1 aliphatic carbocycles. The summed E-state index contributed by atoms with van der Waals surface area (Å²) in [4.78, 5) is 24.0. The number of carbonyl (C=O) groups excluding carboxylic acids is 1. The number of carbonyl (C=O) groups is 1. The Morgan fingerprint density at radius 2 is 2.07 bits per heavy atom. The van der Waals surface area contributed by atoms with E-state index in [1.807, 2.05) is 18.2 Å². The minimum Gasteiger partial charge on any atom is -0.364 e. The number of amides is 1. The predicted octanol–water partition coefficient (Wildman–Crippen LogP) is 3.06. The Kier molecular flexibility index (Phi) is 4.72. The quantitative estimate of drug-likeness (QED) is 0.550. The molecule has 0 bridgehead atoms. The van der Waals surface area contributed by atoms with Gasteiger partial charge in [0.2, 0.25) is 0 Å². The highest BCUT2D eigenvalue weighted by Gasteiger charge is 2.23. The van der Waals surface area contributed by atoms with Gasteiger partial charge in [-0.2, -0.15) is 0 Å². The van der Waals surface area contributed by atoms with E-state index in [2.05, 4.69) is 20.3 Å². The number of anilines is 1. The van der Waals surface area contributed by atoms with Gasteiger partial charge in [-0.1, -0.05) is 24.4 Å². The number of benzene rings is 1. The number of nitrogens with one attached hydrogen (secondary N) is 2. The Morgan fingerprint density at radius 1 is 1.26 bits per heavy atom. The number of primary amides is 1. The highest BCUT2D eigenvalue weighted by molar-refractivity contribution is 6.31. The second-order valence-electron chi connectivity index (χ2n) is 6.93. The Bertz CT molecular complexity index is 1000. The van der Waals surface area contributed by atoms with E-state index < -0.39 is 5.91 Å². The number of aromatic amines is 1. The van der Waals surface area contributed by atoms with Crippen LogP contribution < -0.4 is 16.8 Å². The normalized spacial score (nSPS) is 19.9. The molecule has 2 heterocycles. The third-order valence-electron chi connectivity index (χ3n) is 5.00. The lowest BCUT2D eigenvalue weighted by atomic mass is 9.91. The Labute approximate surface area is 161 Å². The van der Waals surface area contributed by atoms with E-state index >= 15 is 0 Å². The van der Waals surface area contributed by atoms with Crippen molar-refractivity contribution in [2.75, 3.05) is 5.32 Å². The van der Waals surface area contributed by atoms with Gasteiger partial charge in [-0.25, -0.2) is 9.97 Å². The molecule has 6 N–H and O–H groups in total. The van der Waals surface area contributed by atoms with E-state index in [4.69, 9.17) is 23.1 Å². The number of fused-ring (bicyclic) bond motifs is 1. The van der Waals surface area contributed by atoms with Gasteiger partial charge in [0.25, 0.3) is 5.91 Å². The second-order valence-corrected chi connectivity index (χ2v) is 7.37. The lowest BCUT2D eigenvalue weighted by Crippen LogP contribution is -2.42. The smallest absolute Gasteiger partial charge is 0.269 e. The van der Waals surface area contributed by atoms with E-state index in [0.29, 0.717) is 22.2 Å². The number of aromatic nitrogens is 3. The predicted molar refractivity (Wildman–Crippen MR) is 107 cm³/mol. The molecular weight excluding hydrogens is 364 g/mol. The summed E-state index contributed by atoms with van der Waals surface area (Å²) in [7, 11) is 0. The summed E-state index contributed by atoms with van der Waals surface area (Å²) in [6.07, 6.45) is 5.79. The average Bonchev–Trinajstić information content (AvgIpc) is 3.06. The van der Waals surface area contributed by atoms with E-state index in [0.717, 1.165) is 36.6 Å². The molecule has 8 heteroatoms. The van der Waals surface area contributed by atoms with Crippen LogP contribution in [0.3, 0.4) is 0 Å². The molecule has 0 aliphatic heterocycles. The Balaban J connectivity index is 1.73. The molecule has 1 fully saturated rings. The van der Waals surface area contributed by atoms with Crippen LogP contribution in [0.15, 0.2) is 30.5 Å². The van der Waals surface area contributed by atoms with Crippen molar-refractivity contribution in [2.45, 2.75) is 37.8 Å². The van der Waals surface area contributed by atoms with Gasteiger partial charge in [-0.3, -0.25) is 4.79 Å². The van der Waals surface area contributed by atoms with Crippen molar-refractivity contribution in [2.24, 2.45) is 11.5 Å². The summed E-state index contributed by atoms with van der Waals surface area (Å²) in [6, 6.07) is 7.62. The highest BCUT2D eigenvalue weighted by atomic mass is 35.5. The van der Waals surface area contributed by atoms with Crippen LogP contribution in [-0.2, 0) is 0 Å². The highest BCUT2D eigenvalue weighted by Crippen LogP contribution is 2.28.